The largest absolute Gasteiger partial charge is 0.334 e. The van der Waals surface area contributed by atoms with Gasteiger partial charge < -0.3 is 10.6 Å². The van der Waals surface area contributed by atoms with Crippen LogP contribution in [0.1, 0.15) is 41.0 Å². The number of amides is 2. The lowest BCUT2D eigenvalue weighted by atomic mass is 10.1. The van der Waals surface area contributed by atoms with Gasteiger partial charge in [-0.3, -0.25) is 4.68 Å². The number of nitrogens with one attached hydrogen (secondary N) is 2. The fourth-order valence-electron chi connectivity index (χ4n) is 3.14. The maximum Gasteiger partial charge on any atom is 0.315 e. The smallest absolute Gasteiger partial charge is 0.315 e. The Morgan fingerprint density at radius 2 is 1.67 bits per heavy atom. The van der Waals surface area contributed by atoms with Gasteiger partial charge in [0.2, 0.25) is 0 Å². The molecule has 2 aromatic carbocycles. The lowest BCUT2D eigenvalue weighted by molar-refractivity contribution is 0.237. The van der Waals surface area contributed by atoms with Gasteiger partial charge in [-0.25, -0.2) is 4.79 Å². The average Bonchev–Trinajstić information content (AvgIpc) is 2.94. The molecule has 5 nitrogen and oxygen atoms in total. The number of aryl methyl sites for hydroxylation is 1. The summed E-state index contributed by atoms with van der Waals surface area (Å²) in [6.07, 6.45) is 0. The number of carbonyl (C=O) groups is 1. The topological polar surface area (TPSA) is 59.0 Å². The molecule has 0 radical (unpaired) electrons. The van der Waals surface area contributed by atoms with Crippen molar-refractivity contribution in [3.05, 3.63) is 88.7 Å². The van der Waals surface area contributed by atoms with E-state index in [9.17, 15) is 4.79 Å². The molecule has 3 rings (SSSR count). The van der Waals surface area contributed by atoms with Crippen molar-refractivity contribution in [2.75, 3.05) is 0 Å². The molecule has 5 heteroatoms. The van der Waals surface area contributed by atoms with Crippen LogP contribution in [0.2, 0.25) is 0 Å². The van der Waals surface area contributed by atoms with Gasteiger partial charge in [-0.05, 0) is 31.9 Å². The molecule has 0 aliphatic carbocycles. The van der Waals surface area contributed by atoms with E-state index < -0.39 is 0 Å². The summed E-state index contributed by atoms with van der Waals surface area (Å²) < 4.78 is 1.99. The molecule has 0 aliphatic rings. The van der Waals surface area contributed by atoms with Gasteiger partial charge in [0.15, 0.2) is 0 Å². The highest BCUT2D eigenvalue weighted by molar-refractivity contribution is 5.74. The van der Waals surface area contributed by atoms with Crippen LogP contribution in [0.4, 0.5) is 4.79 Å². The molecule has 0 saturated carbocycles. The molecule has 0 bridgehead atoms. The number of hydrogen-bond acceptors (Lipinski definition) is 2. The van der Waals surface area contributed by atoms with Gasteiger partial charge in [-0.2, -0.15) is 5.10 Å². The Bertz CT molecular complexity index is 887. The molecule has 0 saturated heterocycles. The van der Waals surface area contributed by atoms with E-state index in [0.717, 1.165) is 29.1 Å². The number of benzene rings is 2. The van der Waals surface area contributed by atoms with Gasteiger partial charge >= 0.3 is 6.03 Å². The summed E-state index contributed by atoms with van der Waals surface area (Å²) >= 11 is 0. The molecular formula is C22H26N4O. The predicted octanol–water partition coefficient (Wildman–Crippen LogP) is 4.11. The lowest BCUT2D eigenvalue weighted by Gasteiger charge is -2.15. The van der Waals surface area contributed by atoms with Crippen LogP contribution in [0, 0.1) is 13.8 Å². The molecule has 1 aromatic heterocycles. The van der Waals surface area contributed by atoms with Crippen molar-refractivity contribution < 1.29 is 4.79 Å². The van der Waals surface area contributed by atoms with Crippen LogP contribution in [-0.2, 0) is 13.1 Å². The normalized spacial score (nSPS) is 11.8. The third-order valence-corrected chi connectivity index (χ3v) is 4.78. The van der Waals surface area contributed by atoms with E-state index >= 15 is 0 Å². The van der Waals surface area contributed by atoms with Crippen LogP contribution in [-0.4, -0.2) is 15.8 Å². The minimum absolute atomic E-state index is 0.0470. The van der Waals surface area contributed by atoms with E-state index in [2.05, 4.69) is 27.9 Å². The van der Waals surface area contributed by atoms with Crippen molar-refractivity contribution in [3.63, 3.8) is 0 Å². The standard InChI is InChI=1S/C22H26N4O/c1-16(20-12-8-5-9-13-20)24-22(27)23-14-21-17(2)25-26(18(21)3)15-19-10-6-4-7-11-19/h4-13,16H,14-15H2,1-3H3,(H2,23,24,27)/t16-/m0/s1. The van der Waals surface area contributed by atoms with Crippen molar-refractivity contribution in [1.29, 1.82) is 0 Å². The Morgan fingerprint density at radius 3 is 2.33 bits per heavy atom. The van der Waals surface area contributed by atoms with Gasteiger partial charge in [0.25, 0.3) is 0 Å². The number of nitrogens with zero attached hydrogens (tertiary/aromatic N) is 2. The van der Waals surface area contributed by atoms with Crippen LogP contribution in [0.5, 0.6) is 0 Å². The maximum absolute atomic E-state index is 12.3. The summed E-state index contributed by atoms with van der Waals surface area (Å²) in [4.78, 5) is 12.3. The van der Waals surface area contributed by atoms with Gasteiger partial charge in [-0.1, -0.05) is 60.7 Å². The number of carbonyl (C=O) groups excluding carboxylic acids is 1. The van der Waals surface area contributed by atoms with Crippen molar-refractivity contribution in [3.8, 4) is 0 Å². The highest BCUT2D eigenvalue weighted by Gasteiger charge is 2.14. The van der Waals surface area contributed by atoms with Crippen LogP contribution >= 0.6 is 0 Å². The molecule has 3 aromatic rings. The summed E-state index contributed by atoms with van der Waals surface area (Å²) in [7, 11) is 0. The van der Waals surface area contributed by atoms with Crippen LogP contribution in [0.3, 0.4) is 0 Å². The molecule has 0 unspecified atom stereocenters. The molecule has 27 heavy (non-hydrogen) atoms. The number of aromatic nitrogens is 2. The second kappa shape index (κ2) is 8.54. The minimum Gasteiger partial charge on any atom is -0.334 e. The van der Waals surface area contributed by atoms with E-state index in [1.165, 1.54) is 5.56 Å². The molecule has 0 spiro atoms. The predicted molar refractivity (Wildman–Crippen MR) is 107 cm³/mol. The number of rotatable bonds is 6. The first-order valence-corrected chi connectivity index (χ1v) is 9.20. The van der Waals surface area contributed by atoms with E-state index in [1.54, 1.807) is 0 Å². The minimum atomic E-state index is -0.180. The molecule has 140 valence electrons. The zero-order chi connectivity index (χ0) is 19.2. The first kappa shape index (κ1) is 18.7. The second-order valence-corrected chi connectivity index (χ2v) is 6.75. The van der Waals surface area contributed by atoms with Crippen LogP contribution in [0.15, 0.2) is 60.7 Å². The molecule has 0 fully saturated rings. The fourth-order valence-corrected chi connectivity index (χ4v) is 3.14. The first-order valence-electron chi connectivity index (χ1n) is 9.20. The Kier molecular flexibility index (Phi) is 5.91. The van der Waals surface area contributed by atoms with E-state index in [0.29, 0.717) is 6.54 Å². The van der Waals surface area contributed by atoms with Crippen LogP contribution in [0.25, 0.3) is 0 Å². The third-order valence-electron chi connectivity index (χ3n) is 4.78. The molecule has 2 N–H and O–H groups in total. The first-order chi connectivity index (χ1) is 13.0. The zero-order valence-corrected chi connectivity index (χ0v) is 16.1. The summed E-state index contributed by atoms with van der Waals surface area (Å²) in [6.45, 7) is 7.19. The monoisotopic (exact) mass is 362 g/mol. The Morgan fingerprint density at radius 1 is 1.04 bits per heavy atom. The van der Waals surface area contributed by atoms with E-state index in [4.69, 9.17) is 0 Å². The van der Waals surface area contributed by atoms with Crippen molar-refractivity contribution >= 4 is 6.03 Å². The van der Waals surface area contributed by atoms with Gasteiger partial charge in [0, 0.05) is 17.8 Å². The van der Waals surface area contributed by atoms with Gasteiger partial charge in [-0.15, -0.1) is 0 Å². The van der Waals surface area contributed by atoms with Crippen molar-refractivity contribution in [2.45, 2.75) is 39.9 Å². The number of hydrogen-bond donors (Lipinski definition) is 2. The zero-order valence-electron chi connectivity index (χ0n) is 16.1. The molecular weight excluding hydrogens is 336 g/mol. The van der Waals surface area contributed by atoms with Crippen LogP contribution < -0.4 is 10.6 Å². The highest BCUT2D eigenvalue weighted by atomic mass is 16.2. The van der Waals surface area contributed by atoms with Gasteiger partial charge in [0.05, 0.1) is 18.3 Å². The average molecular weight is 362 g/mol. The van der Waals surface area contributed by atoms with E-state index in [1.807, 2.05) is 74.0 Å². The molecule has 1 heterocycles. The Balaban J connectivity index is 1.60. The molecule has 1 atom stereocenters. The quantitative estimate of drug-likeness (QED) is 0.693. The van der Waals surface area contributed by atoms with E-state index in [-0.39, 0.29) is 12.1 Å². The summed E-state index contributed by atoms with van der Waals surface area (Å²) in [6, 6.07) is 19.9. The summed E-state index contributed by atoms with van der Waals surface area (Å²) in [5, 5.41) is 10.6. The number of urea groups is 1. The highest BCUT2D eigenvalue weighted by Crippen LogP contribution is 2.15. The van der Waals surface area contributed by atoms with Crippen molar-refractivity contribution in [1.82, 2.24) is 20.4 Å². The van der Waals surface area contributed by atoms with Gasteiger partial charge in [0.1, 0.15) is 0 Å². The molecule has 2 amide bonds. The Labute approximate surface area is 160 Å². The summed E-state index contributed by atoms with van der Waals surface area (Å²) in [5.74, 6) is 0. The summed E-state index contributed by atoms with van der Waals surface area (Å²) in [5.41, 5.74) is 5.37. The fraction of sp³-hybridized carbons (Fsp3) is 0.273. The SMILES string of the molecule is Cc1nn(Cc2ccccc2)c(C)c1CNC(=O)N[C@@H](C)c1ccccc1. The second-order valence-electron chi connectivity index (χ2n) is 6.75. The maximum atomic E-state index is 12.3. The Hall–Kier alpha value is -3.08. The third kappa shape index (κ3) is 4.76. The lowest BCUT2D eigenvalue weighted by Crippen LogP contribution is -2.36. The van der Waals surface area contributed by atoms with Crippen molar-refractivity contribution in [2.24, 2.45) is 0 Å². The molecule has 0 aliphatic heterocycles.